The van der Waals surface area contributed by atoms with Gasteiger partial charge in [0.2, 0.25) is 11.8 Å². The van der Waals surface area contributed by atoms with Crippen molar-refractivity contribution in [3.8, 4) is 0 Å². The molecule has 14 heavy (non-hydrogen) atoms. The fraction of sp³-hybridized carbons (Fsp3) is 0.556. The van der Waals surface area contributed by atoms with Crippen LogP contribution in [0.5, 0.6) is 0 Å². The Labute approximate surface area is 83.4 Å². The largest absolute Gasteiger partial charge is 0.392 e. The Bertz CT molecular complexity index is 226. The molecule has 2 N–H and O–H groups in total. The molecule has 0 radical (unpaired) electrons. The summed E-state index contributed by atoms with van der Waals surface area (Å²) in [7, 11) is 1.51. The lowest BCUT2D eigenvalue weighted by molar-refractivity contribution is -0.131. The minimum atomic E-state index is -0.584. The third kappa shape index (κ3) is 5.31. The molecule has 0 saturated carbocycles. The molecule has 2 amide bonds. The van der Waals surface area contributed by atoms with Gasteiger partial charge in [0.05, 0.1) is 12.6 Å². The molecule has 5 nitrogen and oxygen atoms in total. The molecular formula is C9H16N2O3. The van der Waals surface area contributed by atoms with Gasteiger partial charge >= 0.3 is 0 Å². The molecule has 0 aromatic rings. The molecule has 0 aromatic heterocycles. The standard InChI is InChI=1S/C9H16N2O3/c1-4-9(14)11(3)6-8(13)10-5-7(2)12/h4,7,12H,1,5-6H2,2-3H3,(H,10,13). The van der Waals surface area contributed by atoms with E-state index < -0.39 is 6.10 Å². The number of hydrogen-bond donors (Lipinski definition) is 2. The van der Waals surface area contributed by atoms with Crippen molar-refractivity contribution in [2.24, 2.45) is 0 Å². The highest BCUT2D eigenvalue weighted by molar-refractivity contribution is 5.90. The number of likely N-dealkylation sites (N-methyl/N-ethyl adjacent to an activating group) is 1. The van der Waals surface area contributed by atoms with E-state index in [1.807, 2.05) is 0 Å². The van der Waals surface area contributed by atoms with Crippen molar-refractivity contribution in [2.75, 3.05) is 20.1 Å². The van der Waals surface area contributed by atoms with Crippen molar-refractivity contribution in [2.45, 2.75) is 13.0 Å². The fourth-order valence-electron chi connectivity index (χ4n) is 0.767. The number of nitrogens with one attached hydrogen (secondary N) is 1. The van der Waals surface area contributed by atoms with Crippen LogP contribution in [-0.4, -0.2) is 48.1 Å². The van der Waals surface area contributed by atoms with Crippen molar-refractivity contribution >= 4 is 11.8 Å². The van der Waals surface area contributed by atoms with E-state index >= 15 is 0 Å². The second kappa shape index (κ2) is 6.15. The van der Waals surface area contributed by atoms with E-state index in [9.17, 15) is 9.59 Å². The topological polar surface area (TPSA) is 69.6 Å². The number of carbonyl (C=O) groups excluding carboxylic acids is 2. The summed E-state index contributed by atoms with van der Waals surface area (Å²) in [5.74, 6) is -0.610. The highest BCUT2D eigenvalue weighted by atomic mass is 16.3. The van der Waals surface area contributed by atoms with Gasteiger partial charge in [-0.2, -0.15) is 0 Å². The number of aliphatic hydroxyl groups excluding tert-OH is 1. The van der Waals surface area contributed by atoms with E-state index in [4.69, 9.17) is 5.11 Å². The molecule has 80 valence electrons. The van der Waals surface area contributed by atoms with E-state index in [1.165, 1.54) is 11.9 Å². The van der Waals surface area contributed by atoms with Crippen molar-refractivity contribution < 1.29 is 14.7 Å². The van der Waals surface area contributed by atoms with E-state index in [0.717, 1.165) is 6.08 Å². The first kappa shape index (κ1) is 12.6. The van der Waals surface area contributed by atoms with Gasteiger partial charge in [-0.1, -0.05) is 6.58 Å². The van der Waals surface area contributed by atoms with Gasteiger partial charge in [-0.05, 0) is 13.0 Å². The monoisotopic (exact) mass is 200 g/mol. The van der Waals surface area contributed by atoms with Crippen LogP contribution in [-0.2, 0) is 9.59 Å². The quantitative estimate of drug-likeness (QED) is 0.567. The van der Waals surface area contributed by atoms with Gasteiger partial charge in [0.1, 0.15) is 0 Å². The zero-order valence-corrected chi connectivity index (χ0v) is 8.49. The maximum Gasteiger partial charge on any atom is 0.246 e. The minimum absolute atomic E-state index is 0.0302. The molecular weight excluding hydrogens is 184 g/mol. The number of carbonyl (C=O) groups is 2. The summed E-state index contributed by atoms with van der Waals surface area (Å²) in [6.45, 7) is 5.03. The molecule has 0 aromatic carbocycles. The summed E-state index contributed by atoms with van der Waals surface area (Å²) < 4.78 is 0. The van der Waals surface area contributed by atoms with Crippen LogP contribution in [0, 0.1) is 0 Å². The lowest BCUT2D eigenvalue weighted by atomic mass is 10.4. The van der Waals surface area contributed by atoms with Crippen LogP contribution in [0.1, 0.15) is 6.92 Å². The predicted molar refractivity (Wildman–Crippen MR) is 52.5 cm³/mol. The Morgan fingerprint density at radius 3 is 2.64 bits per heavy atom. The third-order valence-corrected chi connectivity index (χ3v) is 1.53. The predicted octanol–water partition coefficient (Wildman–Crippen LogP) is -0.872. The lowest BCUT2D eigenvalue weighted by Crippen LogP contribution is -2.39. The number of nitrogens with zero attached hydrogens (tertiary/aromatic N) is 1. The third-order valence-electron chi connectivity index (χ3n) is 1.53. The van der Waals surface area contributed by atoms with Crippen LogP contribution in [0.2, 0.25) is 0 Å². The van der Waals surface area contributed by atoms with Gasteiger partial charge in [0, 0.05) is 13.6 Å². The first-order valence-electron chi connectivity index (χ1n) is 4.29. The Balaban J connectivity index is 3.82. The van der Waals surface area contributed by atoms with E-state index in [1.54, 1.807) is 6.92 Å². The number of rotatable bonds is 5. The summed E-state index contributed by atoms with van der Waals surface area (Å²) in [6.07, 6.45) is 0.557. The van der Waals surface area contributed by atoms with Crippen molar-refractivity contribution in [1.82, 2.24) is 10.2 Å². The molecule has 5 heteroatoms. The molecule has 0 rings (SSSR count). The molecule has 0 aliphatic carbocycles. The van der Waals surface area contributed by atoms with Gasteiger partial charge in [-0.15, -0.1) is 0 Å². The summed E-state index contributed by atoms with van der Waals surface area (Å²) in [5.41, 5.74) is 0. The Kier molecular flexibility index (Phi) is 5.55. The van der Waals surface area contributed by atoms with Crippen LogP contribution in [0.4, 0.5) is 0 Å². The first-order chi connectivity index (χ1) is 6.47. The van der Waals surface area contributed by atoms with Crippen LogP contribution in [0.3, 0.4) is 0 Å². The SMILES string of the molecule is C=CC(=O)N(C)CC(=O)NCC(C)O. The molecule has 0 bridgehead atoms. The molecule has 0 fully saturated rings. The second-order valence-electron chi connectivity index (χ2n) is 3.05. The summed E-state index contributed by atoms with van der Waals surface area (Å²) in [5, 5.41) is 11.4. The molecule has 0 aliphatic rings. The van der Waals surface area contributed by atoms with Crippen molar-refractivity contribution in [1.29, 1.82) is 0 Å². The van der Waals surface area contributed by atoms with Crippen molar-refractivity contribution in [3.63, 3.8) is 0 Å². The Hall–Kier alpha value is -1.36. The fourth-order valence-corrected chi connectivity index (χ4v) is 0.767. The van der Waals surface area contributed by atoms with Crippen LogP contribution in [0.15, 0.2) is 12.7 Å². The summed E-state index contributed by atoms with van der Waals surface area (Å²) >= 11 is 0. The summed E-state index contributed by atoms with van der Waals surface area (Å²) in [4.78, 5) is 23.3. The average molecular weight is 200 g/mol. The number of hydrogen-bond acceptors (Lipinski definition) is 3. The highest BCUT2D eigenvalue weighted by Crippen LogP contribution is 1.85. The van der Waals surface area contributed by atoms with Crippen LogP contribution < -0.4 is 5.32 Å². The van der Waals surface area contributed by atoms with E-state index in [2.05, 4.69) is 11.9 Å². The van der Waals surface area contributed by atoms with E-state index in [-0.39, 0.29) is 24.9 Å². The van der Waals surface area contributed by atoms with Gasteiger partial charge in [0.15, 0.2) is 0 Å². The highest BCUT2D eigenvalue weighted by Gasteiger charge is 2.09. The smallest absolute Gasteiger partial charge is 0.246 e. The molecule has 1 unspecified atom stereocenters. The maximum atomic E-state index is 11.1. The van der Waals surface area contributed by atoms with Gasteiger partial charge in [-0.3, -0.25) is 9.59 Å². The zero-order chi connectivity index (χ0) is 11.1. The molecule has 0 heterocycles. The Morgan fingerprint density at radius 2 is 2.21 bits per heavy atom. The van der Waals surface area contributed by atoms with E-state index in [0.29, 0.717) is 0 Å². The Morgan fingerprint density at radius 1 is 1.64 bits per heavy atom. The molecule has 0 spiro atoms. The van der Waals surface area contributed by atoms with Crippen molar-refractivity contribution in [3.05, 3.63) is 12.7 Å². The van der Waals surface area contributed by atoms with Crippen LogP contribution in [0.25, 0.3) is 0 Å². The van der Waals surface area contributed by atoms with Gasteiger partial charge < -0.3 is 15.3 Å². The second-order valence-corrected chi connectivity index (χ2v) is 3.05. The molecule has 0 saturated heterocycles. The number of amides is 2. The molecule has 1 atom stereocenters. The average Bonchev–Trinajstić information content (AvgIpc) is 2.13. The zero-order valence-electron chi connectivity index (χ0n) is 8.49. The lowest BCUT2D eigenvalue weighted by Gasteiger charge is -2.14. The normalized spacial score (nSPS) is 11.6. The summed E-state index contributed by atoms with van der Waals surface area (Å²) in [6, 6.07) is 0. The van der Waals surface area contributed by atoms with Gasteiger partial charge in [0.25, 0.3) is 0 Å². The minimum Gasteiger partial charge on any atom is -0.392 e. The van der Waals surface area contributed by atoms with Gasteiger partial charge in [-0.25, -0.2) is 0 Å². The first-order valence-corrected chi connectivity index (χ1v) is 4.29. The maximum absolute atomic E-state index is 11.1. The van der Waals surface area contributed by atoms with Crippen LogP contribution >= 0.6 is 0 Å². The number of aliphatic hydroxyl groups is 1. The molecule has 0 aliphatic heterocycles.